The van der Waals surface area contributed by atoms with Crippen LogP contribution in [-0.2, 0) is 0 Å². The Morgan fingerprint density at radius 3 is 2.65 bits per heavy atom. The van der Waals surface area contributed by atoms with E-state index in [1.807, 2.05) is 30.3 Å². The van der Waals surface area contributed by atoms with E-state index in [9.17, 15) is 0 Å². The maximum Gasteiger partial charge on any atom is 0.138 e. The van der Waals surface area contributed by atoms with Crippen LogP contribution in [0.4, 0.5) is 0 Å². The van der Waals surface area contributed by atoms with Gasteiger partial charge < -0.3 is 10.5 Å². The quantitative estimate of drug-likeness (QED) is 0.754. The average molecular weight is 283 g/mol. The minimum absolute atomic E-state index is 0.00824. The molecule has 3 aromatic rings. The summed E-state index contributed by atoms with van der Waals surface area (Å²) in [7, 11) is 0. The maximum atomic E-state index is 6.24. The van der Waals surface area contributed by atoms with Gasteiger partial charge in [-0.05, 0) is 35.0 Å². The number of rotatable bonds is 5. The summed E-state index contributed by atoms with van der Waals surface area (Å²) in [4.78, 5) is 0. The smallest absolute Gasteiger partial charge is 0.138 e. The van der Waals surface area contributed by atoms with Crippen LogP contribution in [0.1, 0.15) is 18.1 Å². The number of fused-ring (bicyclic) bond motifs is 1. The summed E-state index contributed by atoms with van der Waals surface area (Å²) in [6.45, 7) is 0.611. The summed E-state index contributed by atoms with van der Waals surface area (Å²) < 4.78 is 7.44. The molecule has 3 rings (SSSR count). The zero-order chi connectivity index (χ0) is 13.8. The van der Waals surface area contributed by atoms with Crippen LogP contribution in [0.2, 0.25) is 0 Å². The first-order chi connectivity index (χ1) is 9.88. The largest absolute Gasteiger partial charge is 0.484 e. The second-order valence-corrected chi connectivity index (χ2v) is 5.61. The topological polar surface area (TPSA) is 35.2 Å². The van der Waals surface area contributed by atoms with E-state index in [1.165, 1.54) is 15.6 Å². The summed E-state index contributed by atoms with van der Waals surface area (Å²) >= 11 is 1.71. The number of hydrogen-bond donors (Lipinski definition) is 1. The molecule has 0 unspecified atom stereocenters. The summed E-state index contributed by atoms with van der Waals surface area (Å²) in [6.07, 6.45) is 0.820. The lowest BCUT2D eigenvalue weighted by Crippen LogP contribution is -2.13. The van der Waals surface area contributed by atoms with E-state index < -0.39 is 0 Å². The summed E-state index contributed by atoms with van der Waals surface area (Å²) in [6, 6.07) is 18.6. The molecule has 2 N–H and O–H groups in total. The SMILES string of the molecule is NCC[C@@H](Oc1cccc2ccsc12)c1ccccc1. The number of benzene rings is 2. The summed E-state index contributed by atoms with van der Waals surface area (Å²) in [5.74, 6) is 0.944. The van der Waals surface area contributed by atoms with Gasteiger partial charge in [0.2, 0.25) is 0 Å². The van der Waals surface area contributed by atoms with Gasteiger partial charge in [-0.25, -0.2) is 0 Å². The summed E-state index contributed by atoms with van der Waals surface area (Å²) in [5.41, 5.74) is 6.91. The molecule has 0 aliphatic rings. The first kappa shape index (κ1) is 13.2. The van der Waals surface area contributed by atoms with Crippen molar-refractivity contribution in [2.45, 2.75) is 12.5 Å². The lowest BCUT2D eigenvalue weighted by atomic mass is 10.1. The van der Waals surface area contributed by atoms with Gasteiger partial charge in [-0.1, -0.05) is 42.5 Å². The first-order valence-corrected chi connectivity index (χ1v) is 7.64. The minimum Gasteiger partial charge on any atom is -0.484 e. The van der Waals surface area contributed by atoms with Crippen LogP contribution in [-0.4, -0.2) is 6.54 Å². The van der Waals surface area contributed by atoms with Gasteiger partial charge in [0.25, 0.3) is 0 Å². The van der Waals surface area contributed by atoms with Crippen LogP contribution in [0.15, 0.2) is 60.0 Å². The van der Waals surface area contributed by atoms with Crippen molar-refractivity contribution in [3.63, 3.8) is 0 Å². The van der Waals surface area contributed by atoms with Gasteiger partial charge >= 0.3 is 0 Å². The molecule has 1 heterocycles. The predicted molar refractivity (Wildman–Crippen MR) is 85.3 cm³/mol. The van der Waals surface area contributed by atoms with Gasteiger partial charge in [-0.2, -0.15) is 0 Å². The van der Waals surface area contributed by atoms with E-state index in [0.717, 1.165) is 12.2 Å². The Morgan fingerprint density at radius 1 is 1.00 bits per heavy atom. The van der Waals surface area contributed by atoms with E-state index in [0.29, 0.717) is 6.54 Å². The Hall–Kier alpha value is -1.84. The van der Waals surface area contributed by atoms with Crippen molar-refractivity contribution in [2.24, 2.45) is 5.73 Å². The molecule has 1 atom stereocenters. The van der Waals surface area contributed by atoms with Crippen LogP contribution in [0, 0.1) is 0 Å². The Bertz CT molecular complexity index is 678. The second kappa shape index (κ2) is 6.07. The Labute approximate surface area is 122 Å². The van der Waals surface area contributed by atoms with Gasteiger partial charge in [0.05, 0.1) is 4.70 Å². The lowest BCUT2D eigenvalue weighted by Gasteiger charge is -2.19. The average Bonchev–Trinajstić information content (AvgIpc) is 2.97. The van der Waals surface area contributed by atoms with E-state index in [4.69, 9.17) is 10.5 Å². The van der Waals surface area contributed by atoms with Crippen molar-refractivity contribution in [1.82, 2.24) is 0 Å². The highest BCUT2D eigenvalue weighted by molar-refractivity contribution is 7.17. The van der Waals surface area contributed by atoms with E-state index in [1.54, 1.807) is 11.3 Å². The molecule has 3 heteroatoms. The van der Waals surface area contributed by atoms with Crippen molar-refractivity contribution < 1.29 is 4.74 Å². The first-order valence-electron chi connectivity index (χ1n) is 6.76. The molecule has 2 nitrogen and oxygen atoms in total. The van der Waals surface area contributed by atoms with Gasteiger partial charge in [-0.15, -0.1) is 11.3 Å². The predicted octanol–water partition coefficient (Wildman–Crippen LogP) is 4.37. The highest BCUT2D eigenvalue weighted by Crippen LogP contribution is 2.34. The van der Waals surface area contributed by atoms with E-state index in [-0.39, 0.29) is 6.10 Å². The molecule has 0 saturated heterocycles. The molecule has 1 aromatic heterocycles. The van der Waals surface area contributed by atoms with Crippen LogP contribution >= 0.6 is 11.3 Å². The van der Waals surface area contributed by atoms with Gasteiger partial charge in [0.1, 0.15) is 11.9 Å². The molecule has 0 aliphatic carbocycles. The molecule has 0 fully saturated rings. The fourth-order valence-electron chi connectivity index (χ4n) is 2.32. The summed E-state index contributed by atoms with van der Waals surface area (Å²) in [5, 5.41) is 3.32. The molecule has 0 aliphatic heterocycles. The normalized spacial score (nSPS) is 12.4. The van der Waals surface area contributed by atoms with Crippen molar-refractivity contribution in [3.8, 4) is 5.75 Å². The van der Waals surface area contributed by atoms with E-state index >= 15 is 0 Å². The third-order valence-corrected chi connectivity index (χ3v) is 4.26. The Morgan fingerprint density at radius 2 is 1.85 bits per heavy atom. The van der Waals surface area contributed by atoms with Gasteiger partial charge in [0, 0.05) is 6.42 Å². The zero-order valence-electron chi connectivity index (χ0n) is 11.2. The van der Waals surface area contributed by atoms with Crippen LogP contribution < -0.4 is 10.5 Å². The highest BCUT2D eigenvalue weighted by Gasteiger charge is 2.14. The number of nitrogens with two attached hydrogens (primary N) is 1. The molecule has 0 saturated carbocycles. The van der Waals surface area contributed by atoms with Crippen LogP contribution in [0.25, 0.3) is 10.1 Å². The molecule has 0 radical (unpaired) electrons. The third kappa shape index (κ3) is 2.69. The number of hydrogen-bond acceptors (Lipinski definition) is 3. The monoisotopic (exact) mass is 283 g/mol. The highest BCUT2D eigenvalue weighted by atomic mass is 32.1. The third-order valence-electron chi connectivity index (χ3n) is 3.31. The molecule has 102 valence electrons. The van der Waals surface area contributed by atoms with Crippen molar-refractivity contribution >= 4 is 21.4 Å². The molecule has 0 bridgehead atoms. The maximum absolute atomic E-state index is 6.24. The van der Waals surface area contributed by atoms with Crippen molar-refractivity contribution in [3.05, 3.63) is 65.5 Å². The fourth-order valence-corrected chi connectivity index (χ4v) is 3.18. The van der Waals surface area contributed by atoms with Gasteiger partial charge in [0.15, 0.2) is 0 Å². The lowest BCUT2D eigenvalue weighted by molar-refractivity contribution is 0.201. The van der Waals surface area contributed by atoms with Crippen molar-refractivity contribution in [2.75, 3.05) is 6.54 Å². The van der Waals surface area contributed by atoms with Crippen molar-refractivity contribution in [1.29, 1.82) is 0 Å². The zero-order valence-corrected chi connectivity index (χ0v) is 12.0. The van der Waals surface area contributed by atoms with Crippen LogP contribution in [0.5, 0.6) is 5.75 Å². The fraction of sp³-hybridized carbons (Fsp3) is 0.176. The number of thiophene rings is 1. The molecule has 0 amide bonds. The Balaban J connectivity index is 1.92. The molecular formula is C17H17NOS. The minimum atomic E-state index is 0.00824. The van der Waals surface area contributed by atoms with E-state index in [2.05, 4.69) is 29.6 Å². The van der Waals surface area contributed by atoms with Gasteiger partial charge in [-0.3, -0.25) is 0 Å². The molecular weight excluding hydrogens is 266 g/mol. The van der Waals surface area contributed by atoms with Crippen LogP contribution in [0.3, 0.4) is 0 Å². The molecule has 20 heavy (non-hydrogen) atoms. The standard InChI is InChI=1S/C17H17NOS/c18-11-9-15(13-5-2-1-3-6-13)19-16-8-4-7-14-10-12-20-17(14)16/h1-8,10,12,15H,9,11,18H2/t15-/m1/s1. The number of ether oxygens (including phenoxy) is 1. The second-order valence-electron chi connectivity index (χ2n) is 4.69. The molecule has 2 aromatic carbocycles. The molecule has 0 spiro atoms. The Kier molecular flexibility index (Phi) is 4.00.